The lowest BCUT2D eigenvalue weighted by Gasteiger charge is -2.14. The fraction of sp³-hybridized carbons (Fsp3) is 0.350. The molecule has 0 spiro atoms. The molecule has 1 saturated heterocycles. The third-order valence-corrected chi connectivity index (χ3v) is 4.87. The first-order chi connectivity index (χ1) is 13.0. The third-order valence-electron chi connectivity index (χ3n) is 4.47. The highest BCUT2D eigenvalue weighted by Crippen LogP contribution is 2.22. The lowest BCUT2D eigenvalue weighted by Crippen LogP contribution is -2.31. The van der Waals surface area contributed by atoms with Gasteiger partial charge in [0.1, 0.15) is 5.15 Å². The number of hydrogen-bond donors (Lipinski definition) is 0. The van der Waals surface area contributed by atoms with E-state index in [1.165, 1.54) is 6.08 Å². The van der Waals surface area contributed by atoms with Gasteiger partial charge in [-0.05, 0) is 31.4 Å². The second-order valence-electron chi connectivity index (χ2n) is 6.46. The maximum Gasteiger partial charge on any atom is 0.331 e. The van der Waals surface area contributed by atoms with E-state index < -0.39 is 5.97 Å². The van der Waals surface area contributed by atoms with Gasteiger partial charge in [-0.2, -0.15) is 5.10 Å². The molecular weight excluding hydrogens is 366 g/mol. The van der Waals surface area contributed by atoms with Crippen LogP contribution >= 0.6 is 11.6 Å². The number of carbonyl (C=O) groups excluding carboxylic acids is 2. The van der Waals surface area contributed by atoms with Gasteiger partial charge in [0, 0.05) is 24.7 Å². The van der Waals surface area contributed by atoms with Gasteiger partial charge >= 0.3 is 5.97 Å². The summed E-state index contributed by atoms with van der Waals surface area (Å²) in [6, 6.07) is 9.86. The quantitative estimate of drug-likeness (QED) is 0.564. The monoisotopic (exact) mass is 387 g/mol. The van der Waals surface area contributed by atoms with Gasteiger partial charge in [-0.15, -0.1) is 0 Å². The van der Waals surface area contributed by atoms with Gasteiger partial charge in [0.05, 0.1) is 12.2 Å². The van der Waals surface area contributed by atoms with E-state index in [9.17, 15) is 9.59 Å². The van der Waals surface area contributed by atoms with E-state index in [0.717, 1.165) is 31.5 Å². The second-order valence-corrected chi connectivity index (χ2v) is 6.82. The molecule has 2 heterocycles. The van der Waals surface area contributed by atoms with Crippen molar-refractivity contribution in [3.05, 3.63) is 58.4 Å². The highest BCUT2D eigenvalue weighted by Gasteiger charge is 2.18. The average molecular weight is 388 g/mol. The number of ether oxygens (including phenoxy) is 1. The summed E-state index contributed by atoms with van der Waals surface area (Å²) in [7, 11) is 0. The molecule has 0 saturated carbocycles. The van der Waals surface area contributed by atoms with Gasteiger partial charge in [0.2, 0.25) is 0 Å². The van der Waals surface area contributed by atoms with Gasteiger partial charge in [0.25, 0.3) is 5.91 Å². The van der Waals surface area contributed by atoms with Crippen LogP contribution < -0.4 is 0 Å². The molecule has 0 N–H and O–H groups in total. The summed E-state index contributed by atoms with van der Waals surface area (Å²) >= 11 is 6.41. The maximum atomic E-state index is 11.9. The van der Waals surface area contributed by atoms with Crippen molar-refractivity contribution in [2.45, 2.75) is 26.3 Å². The summed E-state index contributed by atoms with van der Waals surface area (Å²) < 4.78 is 6.72. The van der Waals surface area contributed by atoms with Crippen LogP contribution in [-0.4, -0.2) is 46.3 Å². The van der Waals surface area contributed by atoms with Gasteiger partial charge in [-0.1, -0.05) is 41.9 Å². The molecule has 0 bridgehead atoms. The Hall–Kier alpha value is -2.60. The van der Waals surface area contributed by atoms with E-state index >= 15 is 0 Å². The average Bonchev–Trinajstić information content (AvgIpc) is 3.29. The lowest BCUT2D eigenvalue weighted by molar-refractivity contribution is -0.147. The number of amides is 1. The smallest absolute Gasteiger partial charge is 0.331 e. The van der Waals surface area contributed by atoms with E-state index in [4.69, 9.17) is 16.3 Å². The van der Waals surface area contributed by atoms with E-state index in [-0.39, 0.29) is 12.5 Å². The second kappa shape index (κ2) is 8.86. The van der Waals surface area contributed by atoms with Gasteiger partial charge in [-0.3, -0.25) is 4.79 Å². The molecule has 1 aromatic carbocycles. The van der Waals surface area contributed by atoms with E-state index in [1.54, 1.807) is 15.7 Å². The van der Waals surface area contributed by atoms with Crippen LogP contribution in [0.2, 0.25) is 5.15 Å². The SMILES string of the molecule is Cc1nn(Cc2ccccc2)c(Cl)c1/C=C/C(=O)OCC(=O)N1CCCC1. The Kier molecular flexibility index (Phi) is 6.29. The number of rotatable bonds is 6. The minimum absolute atomic E-state index is 0.154. The predicted octanol–water partition coefficient (Wildman–Crippen LogP) is 3.07. The van der Waals surface area contributed by atoms with Crippen molar-refractivity contribution in [2.24, 2.45) is 0 Å². The number of esters is 1. The molecule has 6 nitrogen and oxygen atoms in total. The molecule has 1 aliphatic heterocycles. The van der Waals surface area contributed by atoms with Crippen LogP contribution in [-0.2, 0) is 20.9 Å². The van der Waals surface area contributed by atoms with Crippen molar-refractivity contribution in [1.29, 1.82) is 0 Å². The topological polar surface area (TPSA) is 64.4 Å². The van der Waals surface area contributed by atoms with E-state index in [0.29, 0.717) is 23.0 Å². The van der Waals surface area contributed by atoms with E-state index in [1.807, 2.05) is 37.3 Å². The van der Waals surface area contributed by atoms with Crippen molar-refractivity contribution in [3.63, 3.8) is 0 Å². The Bertz CT molecular complexity index is 840. The zero-order valence-corrected chi connectivity index (χ0v) is 16.0. The molecule has 0 atom stereocenters. The first kappa shape index (κ1) is 19.2. The van der Waals surface area contributed by atoms with Gasteiger partial charge in [-0.25, -0.2) is 9.48 Å². The molecule has 0 unspecified atom stereocenters. The Labute approximate surface area is 163 Å². The number of aryl methyl sites for hydroxylation is 1. The highest BCUT2D eigenvalue weighted by atomic mass is 35.5. The van der Waals surface area contributed by atoms with Crippen molar-refractivity contribution in [1.82, 2.24) is 14.7 Å². The minimum atomic E-state index is -0.575. The number of benzene rings is 1. The summed E-state index contributed by atoms with van der Waals surface area (Å²) in [6.07, 6.45) is 4.86. The predicted molar refractivity (Wildman–Crippen MR) is 103 cm³/mol. The molecule has 7 heteroatoms. The van der Waals surface area contributed by atoms with Crippen molar-refractivity contribution >= 4 is 29.6 Å². The summed E-state index contributed by atoms with van der Waals surface area (Å²) in [5.41, 5.74) is 2.46. The molecule has 1 aliphatic rings. The van der Waals surface area contributed by atoms with Crippen LogP contribution in [0.25, 0.3) is 6.08 Å². The maximum absolute atomic E-state index is 11.9. The third kappa shape index (κ3) is 4.98. The normalized spacial score (nSPS) is 14.1. The zero-order chi connectivity index (χ0) is 19.2. The zero-order valence-electron chi connectivity index (χ0n) is 15.2. The number of aromatic nitrogens is 2. The van der Waals surface area contributed by atoms with Crippen LogP contribution in [0.1, 0.15) is 29.7 Å². The number of likely N-dealkylation sites (tertiary alicyclic amines) is 1. The van der Waals surface area contributed by atoms with Gasteiger partial charge < -0.3 is 9.64 Å². The summed E-state index contributed by atoms with van der Waals surface area (Å²) in [5.74, 6) is -0.729. The number of nitrogens with zero attached hydrogens (tertiary/aromatic N) is 3. The summed E-state index contributed by atoms with van der Waals surface area (Å²) in [4.78, 5) is 25.5. The van der Waals surface area contributed by atoms with Crippen LogP contribution in [0.5, 0.6) is 0 Å². The Morgan fingerprint density at radius 1 is 1.22 bits per heavy atom. The largest absolute Gasteiger partial charge is 0.452 e. The number of hydrogen-bond acceptors (Lipinski definition) is 4. The highest BCUT2D eigenvalue weighted by molar-refractivity contribution is 6.31. The fourth-order valence-corrected chi connectivity index (χ4v) is 3.31. The van der Waals surface area contributed by atoms with Crippen molar-refractivity contribution in [2.75, 3.05) is 19.7 Å². The minimum Gasteiger partial charge on any atom is -0.452 e. The fourth-order valence-electron chi connectivity index (χ4n) is 3.01. The standard InChI is InChI=1S/C20H22ClN3O3/c1-15-17(20(21)24(22-15)13-16-7-3-2-4-8-16)9-10-19(26)27-14-18(25)23-11-5-6-12-23/h2-4,7-10H,5-6,11-14H2,1H3/b10-9+. The molecule has 3 rings (SSSR count). The first-order valence-electron chi connectivity index (χ1n) is 8.94. The van der Waals surface area contributed by atoms with Crippen LogP contribution in [0, 0.1) is 6.92 Å². The van der Waals surface area contributed by atoms with E-state index in [2.05, 4.69) is 5.10 Å². The number of carbonyl (C=O) groups is 2. The molecular formula is C20H22ClN3O3. The Morgan fingerprint density at radius 3 is 2.63 bits per heavy atom. The Morgan fingerprint density at radius 2 is 1.93 bits per heavy atom. The van der Waals surface area contributed by atoms with Crippen LogP contribution in [0.15, 0.2) is 36.4 Å². The first-order valence-corrected chi connectivity index (χ1v) is 9.32. The Balaban J connectivity index is 1.59. The molecule has 27 heavy (non-hydrogen) atoms. The molecule has 1 aromatic heterocycles. The van der Waals surface area contributed by atoms with Crippen LogP contribution in [0.4, 0.5) is 0 Å². The summed E-state index contributed by atoms with van der Waals surface area (Å²) in [5, 5.41) is 4.88. The molecule has 1 amide bonds. The lowest BCUT2D eigenvalue weighted by atomic mass is 10.2. The van der Waals surface area contributed by atoms with Crippen molar-refractivity contribution in [3.8, 4) is 0 Å². The molecule has 0 radical (unpaired) electrons. The van der Waals surface area contributed by atoms with Crippen LogP contribution in [0.3, 0.4) is 0 Å². The summed E-state index contributed by atoms with van der Waals surface area (Å²) in [6.45, 7) is 3.62. The molecule has 0 aliphatic carbocycles. The van der Waals surface area contributed by atoms with Crippen molar-refractivity contribution < 1.29 is 14.3 Å². The van der Waals surface area contributed by atoms with Gasteiger partial charge in [0.15, 0.2) is 6.61 Å². The molecule has 1 fully saturated rings. The molecule has 142 valence electrons. The molecule has 2 aromatic rings. The number of halogens is 1.